The van der Waals surface area contributed by atoms with Gasteiger partial charge in [-0.15, -0.1) is 11.3 Å². The molecule has 0 radical (unpaired) electrons. The summed E-state index contributed by atoms with van der Waals surface area (Å²) in [5, 5.41) is 5.01. The van der Waals surface area contributed by atoms with Gasteiger partial charge in [0.1, 0.15) is 0 Å². The summed E-state index contributed by atoms with van der Waals surface area (Å²) >= 11 is 1.73. The monoisotopic (exact) mass is 348 g/mol. The lowest BCUT2D eigenvalue weighted by atomic mass is 9.71. The normalized spacial score (nSPS) is 23.7. The van der Waals surface area contributed by atoms with Gasteiger partial charge in [-0.1, -0.05) is 25.3 Å². The number of thiophene rings is 1. The zero-order chi connectivity index (χ0) is 17.0. The van der Waals surface area contributed by atoms with Crippen LogP contribution in [-0.2, 0) is 15.0 Å². The number of carbonyl (C=O) groups excluding carboxylic acids is 2. The molecule has 2 aliphatic rings. The van der Waals surface area contributed by atoms with Gasteiger partial charge in [-0.3, -0.25) is 9.59 Å². The van der Waals surface area contributed by atoms with Crippen LogP contribution in [-0.4, -0.2) is 36.3 Å². The summed E-state index contributed by atoms with van der Waals surface area (Å²) in [5.41, 5.74) is -0.289. The SMILES string of the molecule is CC(=O)NC[C@@H]1CCCN(C(=O)C2(c3cccs3)CCCCC2)C1. The van der Waals surface area contributed by atoms with E-state index in [0.29, 0.717) is 18.4 Å². The van der Waals surface area contributed by atoms with E-state index in [0.717, 1.165) is 51.6 Å². The minimum Gasteiger partial charge on any atom is -0.356 e. The second kappa shape index (κ2) is 7.68. The Balaban J connectivity index is 1.74. The van der Waals surface area contributed by atoms with Gasteiger partial charge in [0.05, 0.1) is 5.41 Å². The van der Waals surface area contributed by atoms with Crippen LogP contribution in [0, 0.1) is 5.92 Å². The minimum atomic E-state index is -0.289. The minimum absolute atomic E-state index is 0.0146. The Morgan fingerprint density at radius 3 is 2.75 bits per heavy atom. The molecule has 1 aromatic heterocycles. The maximum Gasteiger partial charge on any atom is 0.234 e. The van der Waals surface area contributed by atoms with Crippen molar-refractivity contribution in [3.63, 3.8) is 0 Å². The molecule has 1 atom stereocenters. The van der Waals surface area contributed by atoms with E-state index in [2.05, 4.69) is 27.7 Å². The van der Waals surface area contributed by atoms with Crippen LogP contribution in [0.5, 0.6) is 0 Å². The number of hydrogen-bond donors (Lipinski definition) is 1. The van der Waals surface area contributed by atoms with Crippen molar-refractivity contribution in [2.24, 2.45) is 5.92 Å². The zero-order valence-corrected chi connectivity index (χ0v) is 15.4. The van der Waals surface area contributed by atoms with E-state index in [9.17, 15) is 9.59 Å². The van der Waals surface area contributed by atoms with Gasteiger partial charge in [0.25, 0.3) is 0 Å². The smallest absolute Gasteiger partial charge is 0.234 e. The molecule has 1 aliphatic heterocycles. The van der Waals surface area contributed by atoms with Crippen LogP contribution in [0.3, 0.4) is 0 Å². The standard InChI is InChI=1S/C19H28N2O2S/c1-15(22)20-13-16-7-5-11-21(14-16)18(23)19(9-3-2-4-10-19)17-8-6-12-24-17/h6,8,12,16H,2-5,7,9-11,13-14H2,1H3,(H,20,22)/t16-/m0/s1. The highest BCUT2D eigenvalue weighted by Gasteiger charge is 2.45. The van der Waals surface area contributed by atoms with Crippen LogP contribution in [0.25, 0.3) is 0 Å². The first kappa shape index (κ1) is 17.5. The molecule has 1 aromatic rings. The molecule has 4 nitrogen and oxygen atoms in total. The molecule has 132 valence electrons. The number of nitrogens with zero attached hydrogens (tertiary/aromatic N) is 1. The van der Waals surface area contributed by atoms with Crippen molar-refractivity contribution in [2.75, 3.05) is 19.6 Å². The van der Waals surface area contributed by atoms with Crippen LogP contribution < -0.4 is 5.32 Å². The molecule has 0 spiro atoms. The predicted molar refractivity (Wildman–Crippen MR) is 97.1 cm³/mol. The second-order valence-electron chi connectivity index (χ2n) is 7.32. The molecule has 0 unspecified atom stereocenters. The van der Waals surface area contributed by atoms with Crippen LogP contribution in [0.1, 0.15) is 56.7 Å². The van der Waals surface area contributed by atoms with E-state index in [1.165, 1.54) is 11.3 Å². The van der Waals surface area contributed by atoms with Crippen LogP contribution in [0.2, 0.25) is 0 Å². The quantitative estimate of drug-likeness (QED) is 0.907. The fourth-order valence-electron chi connectivity index (χ4n) is 4.28. The maximum absolute atomic E-state index is 13.5. The molecular weight excluding hydrogens is 320 g/mol. The van der Waals surface area contributed by atoms with Crippen molar-refractivity contribution >= 4 is 23.2 Å². The summed E-state index contributed by atoms with van der Waals surface area (Å²) in [6, 6.07) is 4.21. The van der Waals surface area contributed by atoms with E-state index >= 15 is 0 Å². The van der Waals surface area contributed by atoms with Crippen molar-refractivity contribution in [1.82, 2.24) is 10.2 Å². The van der Waals surface area contributed by atoms with Gasteiger partial charge < -0.3 is 10.2 Å². The molecule has 1 aliphatic carbocycles. The van der Waals surface area contributed by atoms with Gasteiger partial charge in [-0.2, -0.15) is 0 Å². The molecule has 5 heteroatoms. The average molecular weight is 349 g/mol. The summed E-state index contributed by atoms with van der Waals surface area (Å²) in [4.78, 5) is 28.0. The highest BCUT2D eigenvalue weighted by atomic mass is 32.1. The molecule has 3 rings (SSSR count). The Morgan fingerprint density at radius 1 is 1.29 bits per heavy atom. The summed E-state index contributed by atoms with van der Waals surface area (Å²) < 4.78 is 0. The predicted octanol–water partition coefficient (Wildman–Crippen LogP) is 3.32. The van der Waals surface area contributed by atoms with Gasteiger partial charge in [-0.05, 0) is 43.0 Å². The highest BCUT2D eigenvalue weighted by molar-refractivity contribution is 7.10. The largest absolute Gasteiger partial charge is 0.356 e. The van der Waals surface area contributed by atoms with Crippen molar-refractivity contribution < 1.29 is 9.59 Å². The third kappa shape index (κ3) is 3.66. The Hall–Kier alpha value is -1.36. The first-order valence-electron chi connectivity index (χ1n) is 9.19. The first-order valence-corrected chi connectivity index (χ1v) is 10.1. The van der Waals surface area contributed by atoms with Crippen molar-refractivity contribution in [2.45, 2.75) is 57.3 Å². The van der Waals surface area contributed by atoms with Crippen LogP contribution in [0.15, 0.2) is 17.5 Å². The molecule has 2 amide bonds. The van der Waals surface area contributed by atoms with E-state index in [-0.39, 0.29) is 11.3 Å². The lowest BCUT2D eigenvalue weighted by Crippen LogP contribution is -2.52. The number of amides is 2. The number of nitrogens with one attached hydrogen (secondary N) is 1. The fourth-order valence-corrected chi connectivity index (χ4v) is 5.26. The van der Waals surface area contributed by atoms with Gasteiger partial charge in [0.15, 0.2) is 0 Å². The lowest BCUT2D eigenvalue weighted by Gasteiger charge is -2.42. The summed E-state index contributed by atoms with van der Waals surface area (Å²) in [5.74, 6) is 0.730. The van der Waals surface area contributed by atoms with Gasteiger partial charge in [-0.25, -0.2) is 0 Å². The van der Waals surface area contributed by atoms with E-state index in [1.54, 1.807) is 18.3 Å². The molecular formula is C19H28N2O2S. The number of hydrogen-bond acceptors (Lipinski definition) is 3. The third-order valence-electron chi connectivity index (χ3n) is 5.56. The molecule has 2 heterocycles. The number of rotatable bonds is 4. The Bertz CT molecular complexity index is 564. The Kier molecular flexibility index (Phi) is 5.59. The van der Waals surface area contributed by atoms with E-state index in [1.807, 2.05) is 0 Å². The molecule has 24 heavy (non-hydrogen) atoms. The first-order chi connectivity index (χ1) is 11.6. The molecule has 2 fully saturated rings. The molecule has 0 bridgehead atoms. The van der Waals surface area contributed by atoms with Crippen molar-refractivity contribution in [3.8, 4) is 0 Å². The summed E-state index contributed by atoms with van der Waals surface area (Å²) in [6.07, 6.45) is 7.64. The van der Waals surface area contributed by atoms with Crippen LogP contribution in [0.4, 0.5) is 0 Å². The summed E-state index contributed by atoms with van der Waals surface area (Å²) in [6.45, 7) is 3.89. The molecule has 1 N–H and O–H groups in total. The summed E-state index contributed by atoms with van der Waals surface area (Å²) in [7, 11) is 0. The van der Waals surface area contributed by atoms with E-state index < -0.39 is 0 Å². The third-order valence-corrected chi connectivity index (χ3v) is 6.63. The van der Waals surface area contributed by atoms with Gasteiger partial charge >= 0.3 is 0 Å². The molecule has 0 aromatic carbocycles. The van der Waals surface area contributed by atoms with Crippen molar-refractivity contribution in [1.29, 1.82) is 0 Å². The van der Waals surface area contributed by atoms with Gasteiger partial charge in [0, 0.05) is 31.4 Å². The molecule has 1 saturated carbocycles. The number of carbonyl (C=O) groups is 2. The second-order valence-corrected chi connectivity index (χ2v) is 8.26. The maximum atomic E-state index is 13.5. The average Bonchev–Trinajstić information content (AvgIpc) is 3.15. The lowest BCUT2D eigenvalue weighted by molar-refractivity contribution is -0.140. The van der Waals surface area contributed by atoms with Crippen LogP contribution >= 0.6 is 11.3 Å². The zero-order valence-electron chi connectivity index (χ0n) is 14.6. The number of likely N-dealkylation sites (tertiary alicyclic amines) is 1. The Labute approximate surface area is 148 Å². The molecule has 1 saturated heterocycles. The van der Waals surface area contributed by atoms with Gasteiger partial charge in [0.2, 0.25) is 11.8 Å². The highest BCUT2D eigenvalue weighted by Crippen LogP contribution is 2.43. The number of piperidine rings is 1. The van der Waals surface area contributed by atoms with E-state index in [4.69, 9.17) is 0 Å². The Morgan fingerprint density at radius 2 is 2.08 bits per heavy atom. The topological polar surface area (TPSA) is 49.4 Å². The van der Waals surface area contributed by atoms with Crippen molar-refractivity contribution in [3.05, 3.63) is 22.4 Å². The fraction of sp³-hybridized carbons (Fsp3) is 0.684.